The summed E-state index contributed by atoms with van der Waals surface area (Å²) >= 11 is 0. The quantitative estimate of drug-likeness (QED) is 0.727. The third-order valence-electron chi connectivity index (χ3n) is 5.95. The van der Waals surface area contributed by atoms with Crippen molar-refractivity contribution in [2.24, 2.45) is 11.8 Å². The van der Waals surface area contributed by atoms with Gasteiger partial charge in [0.1, 0.15) is 11.4 Å². The number of hydrogen-bond donors (Lipinski definition) is 1. The van der Waals surface area contributed by atoms with Crippen LogP contribution in [0.15, 0.2) is 24.3 Å². The van der Waals surface area contributed by atoms with E-state index in [2.05, 4.69) is 17.1 Å². The first kappa shape index (κ1) is 20.8. The normalized spacial score (nSPS) is 24.2. The number of rotatable bonds is 7. The van der Waals surface area contributed by atoms with Gasteiger partial charge in [0.15, 0.2) is 0 Å². The second-order valence-electron chi connectivity index (χ2n) is 8.63. The maximum absolute atomic E-state index is 13.8. The Balaban J connectivity index is 1.89. The van der Waals surface area contributed by atoms with E-state index in [0.717, 1.165) is 44.5 Å². The molecule has 2 heterocycles. The average molecular weight is 390 g/mol. The van der Waals surface area contributed by atoms with Gasteiger partial charge in [-0.05, 0) is 68.4 Å². The Bertz CT molecular complexity index is 715. The van der Waals surface area contributed by atoms with Crippen LogP contribution in [0.25, 0.3) is 0 Å². The lowest BCUT2D eigenvalue weighted by Crippen LogP contribution is -2.57. The number of urea groups is 1. The lowest BCUT2D eigenvalue weighted by Gasteiger charge is -2.41. The van der Waals surface area contributed by atoms with Gasteiger partial charge in [-0.3, -0.25) is 9.69 Å². The largest absolute Gasteiger partial charge is 0.325 e. The Hall–Kier alpha value is -1.95. The van der Waals surface area contributed by atoms with Crippen molar-refractivity contribution in [1.29, 1.82) is 0 Å². The maximum atomic E-state index is 13.8. The highest BCUT2D eigenvalue weighted by Gasteiger charge is 2.55. The number of amides is 3. The number of benzene rings is 1. The number of carbonyl (C=O) groups is 2. The van der Waals surface area contributed by atoms with Crippen molar-refractivity contribution in [3.8, 4) is 0 Å². The minimum atomic E-state index is -0.974. The summed E-state index contributed by atoms with van der Waals surface area (Å²) in [6, 6.07) is 6.06. The first-order valence-electron chi connectivity index (χ1n) is 10.5. The van der Waals surface area contributed by atoms with Crippen LogP contribution in [0.3, 0.4) is 0 Å². The van der Waals surface area contributed by atoms with Crippen molar-refractivity contribution in [3.63, 3.8) is 0 Å². The Labute approximate surface area is 167 Å². The Kier molecular flexibility index (Phi) is 6.38. The molecule has 3 rings (SSSR count). The molecule has 154 valence electrons. The number of nitrogens with zero attached hydrogens (tertiary/aromatic N) is 2. The summed E-state index contributed by atoms with van der Waals surface area (Å²) in [5, 5.41) is 3.05. The monoisotopic (exact) mass is 389 g/mol. The van der Waals surface area contributed by atoms with Gasteiger partial charge in [0.25, 0.3) is 5.91 Å². The van der Waals surface area contributed by atoms with Crippen LogP contribution in [0.2, 0.25) is 0 Å². The van der Waals surface area contributed by atoms with Crippen molar-refractivity contribution >= 4 is 11.9 Å². The van der Waals surface area contributed by atoms with Gasteiger partial charge in [0.2, 0.25) is 0 Å². The smallest absolute Gasteiger partial charge is 0.322 e. The molecular formula is C22H32FN3O2. The summed E-state index contributed by atoms with van der Waals surface area (Å²) in [5.74, 6) is -0.214. The molecule has 0 unspecified atom stereocenters. The van der Waals surface area contributed by atoms with Crippen molar-refractivity contribution < 1.29 is 14.0 Å². The number of nitrogens with one attached hydrogen (secondary N) is 1. The summed E-state index contributed by atoms with van der Waals surface area (Å²) < 4.78 is 13.8. The van der Waals surface area contributed by atoms with E-state index in [1.54, 1.807) is 6.07 Å². The summed E-state index contributed by atoms with van der Waals surface area (Å²) in [6.07, 6.45) is 3.16. The molecule has 0 saturated carbocycles. The van der Waals surface area contributed by atoms with Crippen LogP contribution in [0.5, 0.6) is 0 Å². The van der Waals surface area contributed by atoms with Gasteiger partial charge < -0.3 is 10.2 Å². The zero-order valence-electron chi connectivity index (χ0n) is 17.2. The van der Waals surface area contributed by atoms with Crippen LogP contribution in [-0.2, 0) is 11.2 Å². The molecule has 2 saturated heterocycles. The number of imide groups is 1. The van der Waals surface area contributed by atoms with Crippen LogP contribution in [0.4, 0.5) is 9.18 Å². The second kappa shape index (κ2) is 8.60. The van der Waals surface area contributed by atoms with E-state index in [0.29, 0.717) is 13.0 Å². The molecule has 0 radical (unpaired) electrons. The highest BCUT2D eigenvalue weighted by atomic mass is 19.1. The molecule has 2 fully saturated rings. The highest BCUT2D eigenvalue weighted by Crippen LogP contribution is 2.37. The second-order valence-corrected chi connectivity index (χ2v) is 8.63. The van der Waals surface area contributed by atoms with Crippen LogP contribution < -0.4 is 5.32 Å². The topological polar surface area (TPSA) is 52.7 Å². The summed E-state index contributed by atoms with van der Waals surface area (Å²) in [7, 11) is 0. The van der Waals surface area contributed by atoms with E-state index in [9.17, 15) is 14.0 Å². The fraction of sp³-hybridized carbons (Fsp3) is 0.636. The molecule has 3 amide bonds. The fourth-order valence-electron chi connectivity index (χ4n) is 4.65. The van der Waals surface area contributed by atoms with Crippen molar-refractivity contribution in [2.75, 3.05) is 26.2 Å². The number of hydrogen-bond acceptors (Lipinski definition) is 3. The van der Waals surface area contributed by atoms with Gasteiger partial charge >= 0.3 is 6.03 Å². The Morgan fingerprint density at radius 2 is 1.96 bits per heavy atom. The summed E-state index contributed by atoms with van der Waals surface area (Å²) in [5.41, 5.74) is -0.228. The van der Waals surface area contributed by atoms with Crippen LogP contribution >= 0.6 is 0 Å². The van der Waals surface area contributed by atoms with E-state index in [1.165, 1.54) is 17.0 Å². The van der Waals surface area contributed by atoms with Crippen LogP contribution in [0.1, 0.15) is 45.6 Å². The maximum Gasteiger partial charge on any atom is 0.325 e. The Morgan fingerprint density at radius 3 is 2.57 bits per heavy atom. The van der Waals surface area contributed by atoms with E-state index >= 15 is 0 Å². The molecule has 5 nitrogen and oxygen atoms in total. The summed E-state index contributed by atoms with van der Waals surface area (Å²) in [4.78, 5) is 30.0. The van der Waals surface area contributed by atoms with Crippen molar-refractivity contribution in [3.05, 3.63) is 35.6 Å². The van der Waals surface area contributed by atoms with Crippen molar-refractivity contribution in [2.45, 2.75) is 52.0 Å². The molecule has 2 aliphatic rings. The predicted octanol–water partition coefficient (Wildman–Crippen LogP) is 3.44. The molecule has 1 atom stereocenters. The molecule has 2 aliphatic heterocycles. The Morgan fingerprint density at radius 1 is 1.25 bits per heavy atom. The van der Waals surface area contributed by atoms with Gasteiger partial charge in [-0.15, -0.1) is 0 Å². The predicted molar refractivity (Wildman–Crippen MR) is 107 cm³/mol. The first-order valence-corrected chi connectivity index (χ1v) is 10.5. The van der Waals surface area contributed by atoms with Gasteiger partial charge in [-0.2, -0.15) is 0 Å². The first-order chi connectivity index (χ1) is 13.4. The number of likely N-dealkylation sites (tertiary alicyclic amines) is 1. The van der Waals surface area contributed by atoms with E-state index < -0.39 is 5.54 Å². The minimum Gasteiger partial charge on any atom is -0.322 e. The van der Waals surface area contributed by atoms with Gasteiger partial charge in [-0.25, -0.2) is 9.18 Å². The molecule has 1 aromatic carbocycles. The fourth-order valence-corrected chi connectivity index (χ4v) is 4.65. The van der Waals surface area contributed by atoms with Gasteiger partial charge in [0.05, 0.1) is 0 Å². The highest BCUT2D eigenvalue weighted by molar-refractivity contribution is 6.07. The minimum absolute atomic E-state index is 0.0532. The SMILES string of the molecule is CCCN1CCC([C@@]2(Cc3cccc(F)c3)NC(=O)N(CC(C)C)C2=O)CC1. The van der Waals surface area contributed by atoms with E-state index in [4.69, 9.17) is 0 Å². The average Bonchev–Trinajstić information content (AvgIpc) is 2.87. The molecule has 0 bridgehead atoms. The van der Waals surface area contributed by atoms with Crippen LogP contribution in [-0.4, -0.2) is 53.5 Å². The van der Waals surface area contributed by atoms with E-state index in [-0.39, 0.29) is 29.6 Å². The van der Waals surface area contributed by atoms with Gasteiger partial charge in [0, 0.05) is 13.0 Å². The third-order valence-corrected chi connectivity index (χ3v) is 5.95. The molecule has 0 aliphatic carbocycles. The van der Waals surface area contributed by atoms with E-state index in [1.807, 2.05) is 19.9 Å². The molecule has 0 aromatic heterocycles. The number of halogens is 1. The zero-order chi connectivity index (χ0) is 20.3. The molecule has 1 N–H and O–H groups in total. The molecule has 28 heavy (non-hydrogen) atoms. The number of carbonyl (C=O) groups excluding carboxylic acids is 2. The molecule has 6 heteroatoms. The summed E-state index contributed by atoms with van der Waals surface area (Å²) in [6.45, 7) is 9.48. The third kappa shape index (κ3) is 4.22. The number of piperidine rings is 1. The van der Waals surface area contributed by atoms with Crippen molar-refractivity contribution in [1.82, 2.24) is 15.1 Å². The van der Waals surface area contributed by atoms with Crippen LogP contribution in [0, 0.1) is 17.7 Å². The molecule has 0 spiro atoms. The molecule has 1 aromatic rings. The lowest BCUT2D eigenvalue weighted by molar-refractivity contribution is -0.134. The molecular weight excluding hydrogens is 357 g/mol. The standard InChI is InChI=1S/C22H32FN3O2/c1-4-10-25-11-8-18(9-12-25)22(14-17-6-5-7-19(23)13-17)20(27)26(15-16(2)3)21(28)24-22/h5-7,13,16,18H,4,8-12,14-15H2,1-3H3,(H,24,28)/t22-/m1/s1. The van der Waals surface area contributed by atoms with Gasteiger partial charge in [-0.1, -0.05) is 32.9 Å². The lowest BCUT2D eigenvalue weighted by atomic mass is 9.74. The zero-order valence-corrected chi connectivity index (χ0v) is 17.2.